The SMILES string of the molecule is CC(NOC1CCCC1)C(=O)NCc1ccco1. The minimum Gasteiger partial charge on any atom is -0.467 e. The van der Waals surface area contributed by atoms with Crippen molar-refractivity contribution in [2.45, 2.75) is 51.3 Å². The normalized spacial score (nSPS) is 17.8. The molecule has 2 rings (SSSR count). The van der Waals surface area contributed by atoms with Crippen molar-refractivity contribution in [2.75, 3.05) is 0 Å². The van der Waals surface area contributed by atoms with Crippen LogP contribution in [0.3, 0.4) is 0 Å². The van der Waals surface area contributed by atoms with Crippen LogP contribution in [0.25, 0.3) is 0 Å². The van der Waals surface area contributed by atoms with Crippen molar-refractivity contribution in [1.29, 1.82) is 0 Å². The van der Waals surface area contributed by atoms with Gasteiger partial charge in [-0.3, -0.25) is 9.63 Å². The van der Waals surface area contributed by atoms with Crippen LogP contribution in [0.5, 0.6) is 0 Å². The summed E-state index contributed by atoms with van der Waals surface area (Å²) in [5.41, 5.74) is 2.81. The maximum absolute atomic E-state index is 11.7. The van der Waals surface area contributed by atoms with Crippen LogP contribution in [-0.4, -0.2) is 18.1 Å². The molecule has 0 spiro atoms. The van der Waals surface area contributed by atoms with Crippen molar-refractivity contribution in [3.8, 4) is 0 Å². The Morgan fingerprint density at radius 3 is 3.00 bits per heavy atom. The largest absolute Gasteiger partial charge is 0.467 e. The first-order valence-corrected chi connectivity index (χ1v) is 6.47. The highest BCUT2D eigenvalue weighted by Crippen LogP contribution is 2.19. The molecule has 0 radical (unpaired) electrons. The van der Waals surface area contributed by atoms with E-state index < -0.39 is 0 Å². The zero-order valence-electron chi connectivity index (χ0n) is 10.6. The first-order chi connectivity index (χ1) is 8.75. The predicted molar refractivity (Wildman–Crippen MR) is 66.5 cm³/mol. The van der Waals surface area contributed by atoms with Gasteiger partial charge in [0.2, 0.25) is 5.91 Å². The first kappa shape index (κ1) is 13.1. The molecule has 0 bridgehead atoms. The van der Waals surface area contributed by atoms with Gasteiger partial charge in [-0.1, -0.05) is 12.8 Å². The van der Waals surface area contributed by atoms with Crippen molar-refractivity contribution in [3.63, 3.8) is 0 Å². The topological polar surface area (TPSA) is 63.5 Å². The second-order valence-corrected chi connectivity index (χ2v) is 4.66. The number of hydrogen-bond acceptors (Lipinski definition) is 4. The number of carbonyl (C=O) groups excluding carboxylic acids is 1. The Morgan fingerprint density at radius 2 is 2.33 bits per heavy atom. The van der Waals surface area contributed by atoms with E-state index in [9.17, 15) is 4.79 Å². The molecule has 1 heterocycles. The van der Waals surface area contributed by atoms with Gasteiger partial charge in [0.15, 0.2) is 0 Å². The van der Waals surface area contributed by atoms with Crippen molar-refractivity contribution in [2.24, 2.45) is 0 Å². The molecule has 100 valence electrons. The average Bonchev–Trinajstić information content (AvgIpc) is 3.05. The van der Waals surface area contributed by atoms with Crippen LogP contribution in [0.1, 0.15) is 38.4 Å². The van der Waals surface area contributed by atoms with Gasteiger partial charge >= 0.3 is 0 Å². The molecule has 5 heteroatoms. The van der Waals surface area contributed by atoms with E-state index in [1.807, 2.05) is 6.07 Å². The highest BCUT2D eigenvalue weighted by atomic mass is 16.7. The predicted octanol–water partition coefficient (Wildman–Crippen LogP) is 1.75. The molecule has 18 heavy (non-hydrogen) atoms. The quantitative estimate of drug-likeness (QED) is 0.757. The lowest BCUT2D eigenvalue weighted by atomic mass is 10.3. The van der Waals surface area contributed by atoms with Gasteiger partial charge in [-0.2, -0.15) is 5.48 Å². The summed E-state index contributed by atoms with van der Waals surface area (Å²) in [4.78, 5) is 17.2. The number of amides is 1. The number of rotatable bonds is 6. The van der Waals surface area contributed by atoms with Crippen LogP contribution >= 0.6 is 0 Å². The molecule has 2 N–H and O–H groups in total. The van der Waals surface area contributed by atoms with Crippen LogP contribution in [0.2, 0.25) is 0 Å². The van der Waals surface area contributed by atoms with Crippen LogP contribution < -0.4 is 10.8 Å². The second-order valence-electron chi connectivity index (χ2n) is 4.66. The molecule has 1 aromatic heterocycles. The van der Waals surface area contributed by atoms with E-state index in [0.29, 0.717) is 6.54 Å². The Labute approximate surface area is 107 Å². The number of nitrogens with one attached hydrogen (secondary N) is 2. The molecule has 0 aliphatic heterocycles. The Morgan fingerprint density at radius 1 is 1.56 bits per heavy atom. The van der Waals surface area contributed by atoms with Crippen molar-refractivity contribution >= 4 is 5.91 Å². The zero-order valence-corrected chi connectivity index (χ0v) is 10.6. The minimum absolute atomic E-state index is 0.0932. The zero-order chi connectivity index (χ0) is 12.8. The molecule has 0 saturated heterocycles. The molecule has 0 aromatic carbocycles. The van der Waals surface area contributed by atoms with E-state index in [2.05, 4.69) is 10.8 Å². The van der Waals surface area contributed by atoms with E-state index in [0.717, 1.165) is 18.6 Å². The van der Waals surface area contributed by atoms with Gasteiger partial charge in [0.1, 0.15) is 11.8 Å². The Bertz CT molecular complexity index is 358. The van der Waals surface area contributed by atoms with E-state index >= 15 is 0 Å². The van der Waals surface area contributed by atoms with Gasteiger partial charge in [0, 0.05) is 0 Å². The lowest BCUT2D eigenvalue weighted by Crippen LogP contribution is -2.43. The van der Waals surface area contributed by atoms with E-state index in [4.69, 9.17) is 9.25 Å². The van der Waals surface area contributed by atoms with Crippen LogP contribution in [0.4, 0.5) is 0 Å². The van der Waals surface area contributed by atoms with Crippen molar-refractivity contribution in [1.82, 2.24) is 10.8 Å². The molecule has 1 atom stereocenters. The fraction of sp³-hybridized carbons (Fsp3) is 0.615. The highest BCUT2D eigenvalue weighted by molar-refractivity contribution is 5.80. The molecule has 1 aliphatic rings. The van der Waals surface area contributed by atoms with Crippen LogP contribution in [-0.2, 0) is 16.2 Å². The molecule has 1 saturated carbocycles. The smallest absolute Gasteiger partial charge is 0.239 e. The maximum Gasteiger partial charge on any atom is 0.239 e. The average molecular weight is 252 g/mol. The summed E-state index contributed by atoms with van der Waals surface area (Å²) < 4.78 is 5.14. The van der Waals surface area contributed by atoms with Gasteiger partial charge in [-0.05, 0) is 31.9 Å². The minimum atomic E-state index is -0.361. The molecule has 1 fully saturated rings. The number of furan rings is 1. The Balaban J connectivity index is 1.64. The van der Waals surface area contributed by atoms with Crippen molar-refractivity contribution in [3.05, 3.63) is 24.2 Å². The summed E-state index contributed by atoms with van der Waals surface area (Å²) in [7, 11) is 0. The third-order valence-electron chi connectivity index (χ3n) is 3.12. The van der Waals surface area contributed by atoms with Gasteiger partial charge < -0.3 is 9.73 Å². The fourth-order valence-electron chi connectivity index (χ4n) is 2.00. The fourth-order valence-corrected chi connectivity index (χ4v) is 2.00. The molecular formula is C13H20N2O3. The number of carbonyl (C=O) groups is 1. The molecule has 1 aliphatic carbocycles. The van der Waals surface area contributed by atoms with E-state index in [1.54, 1.807) is 19.3 Å². The van der Waals surface area contributed by atoms with Gasteiger partial charge in [0.25, 0.3) is 0 Å². The summed E-state index contributed by atoms with van der Waals surface area (Å²) >= 11 is 0. The lowest BCUT2D eigenvalue weighted by Gasteiger charge is -2.16. The monoisotopic (exact) mass is 252 g/mol. The third-order valence-corrected chi connectivity index (χ3v) is 3.12. The standard InChI is InChI=1S/C13H20N2O3/c1-10(15-18-11-5-2-3-6-11)13(16)14-9-12-7-4-8-17-12/h4,7-8,10-11,15H,2-3,5-6,9H2,1H3,(H,14,16). The highest BCUT2D eigenvalue weighted by Gasteiger charge is 2.19. The molecule has 1 amide bonds. The van der Waals surface area contributed by atoms with Gasteiger partial charge in [-0.25, -0.2) is 0 Å². The lowest BCUT2D eigenvalue weighted by molar-refractivity contribution is -0.129. The summed E-state index contributed by atoms with van der Waals surface area (Å²) in [6, 6.07) is 3.26. The van der Waals surface area contributed by atoms with E-state index in [-0.39, 0.29) is 18.1 Å². The van der Waals surface area contributed by atoms with Gasteiger partial charge in [-0.15, -0.1) is 0 Å². The number of hydroxylamine groups is 1. The molecule has 1 aromatic rings. The third kappa shape index (κ3) is 3.85. The Kier molecular flexibility index (Phi) is 4.78. The molecule has 5 nitrogen and oxygen atoms in total. The van der Waals surface area contributed by atoms with Crippen LogP contribution in [0, 0.1) is 0 Å². The van der Waals surface area contributed by atoms with Crippen molar-refractivity contribution < 1.29 is 14.0 Å². The summed E-state index contributed by atoms with van der Waals surface area (Å²) in [6.07, 6.45) is 6.43. The molecular weight excluding hydrogens is 232 g/mol. The second kappa shape index (κ2) is 6.56. The summed E-state index contributed by atoms with van der Waals surface area (Å²) in [6.45, 7) is 2.19. The van der Waals surface area contributed by atoms with E-state index in [1.165, 1.54) is 12.8 Å². The summed E-state index contributed by atoms with van der Waals surface area (Å²) in [5, 5.41) is 2.79. The van der Waals surface area contributed by atoms with Crippen LogP contribution in [0.15, 0.2) is 22.8 Å². The maximum atomic E-state index is 11.7. The Hall–Kier alpha value is -1.33. The van der Waals surface area contributed by atoms with Gasteiger partial charge in [0.05, 0.1) is 18.9 Å². The molecule has 1 unspecified atom stereocenters. The summed E-state index contributed by atoms with van der Waals surface area (Å²) in [5.74, 6) is 0.650. The first-order valence-electron chi connectivity index (χ1n) is 6.47. The number of hydrogen-bond donors (Lipinski definition) is 2.